The third kappa shape index (κ3) is 3.53. The summed E-state index contributed by atoms with van der Waals surface area (Å²) in [6.07, 6.45) is 6.97. The second-order valence-electron chi connectivity index (χ2n) is 7.48. The maximum absolute atomic E-state index is 9.94. The first-order valence-corrected chi connectivity index (χ1v) is 10.5. The van der Waals surface area contributed by atoms with Gasteiger partial charge in [-0.2, -0.15) is 0 Å². The smallest absolute Gasteiger partial charge is 0.162 e. The Labute approximate surface area is 178 Å². The van der Waals surface area contributed by atoms with Gasteiger partial charge in [-0.1, -0.05) is 11.6 Å². The molecular formula is C21H22ClN7O. The number of fused-ring (bicyclic) bond motifs is 2. The molecule has 0 unspecified atom stereocenters. The largest absolute Gasteiger partial charge is 0.393 e. The highest BCUT2D eigenvalue weighted by atomic mass is 35.5. The lowest BCUT2D eigenvalue weighted by Crippen LogP contribution is -2.36. The second kappa shape index (κ2) is 8.04. The lowest BCUT2D eigenvalue weighted by molar-refractivity contribution is 0.145. The molecule has 1 aromatic carbocycles. The quantitative estimate of drug-likeness (QED) is 0.453. The minimum Gasteiger partial charge on any atom is -0.393 e. The molecule has 1 aliphatic heterocycles. The van der Waals surface area contributed by atoms with E-state index in [0.717, 1.165) is 60.0 Å². The van der Waals surface area contributed by atoms with E-state index in [4.69, 9.17) is 11.6 Å². The van der Waals surface area contributed by atoms with E-state index in [1.807, 2.05) is 18.2 Å². The Morgan fingerprint density at radius 3 is 2.90 bits per heavy atom. The molecule has 0 bridgehead atoms. The van der Waals surface area contributed by atoms with Crippen molar-refractivity contribution in [3.63, 3.8) is 0 Å². The maximum atomic E-state index is 9.94. The molecule has 5 rings (SSSR count). The van der Waals surface area contributed by atoms with Gasteiger partial charge in [-0.3, -0.25) is 4.98 Å². The van der Waals surface area contributed by atoms with E-state index < -0.39 is 0 Å². The lowest BCUT2D eigenvalue weighted by atomic mass is 10.0. The van der Waals surface area contributed by atoms with Gasteiger partial charge in [-0.05, 0) is 43.0 Å². The molecule has 154 valence electrons. The molecule has 3 N–H and O–H groups in total. The Bertz CT molecular complexity index is 1190. The van der Waals surface area contributed by atoms with Crippen LogP contribution in [0.4, 0.5) is 11.5 Å². The molecular weight excluding hydrogens is 402 g/mol. The Morgan fingerprint density at radius 2 is 2.03 bits per heavy atom. The first-order valence-electron chi connectivity index (χ1n) is 10.1. The molecule has 0 atom stereocenters. The van der Waals surface area contributed by atoms with Crippen molar-refractivity contribution in [1.29, 1.82) is 0 Å². The highest BCUT2D eigenvalue weighted by Crippen LogP contribution is 2.36. The van der Waals surface area contributed by atoms with Crippen LogP contribution >= 0.6 is 11.6 Å². The van der Waals surface area contributed by atoms with E-state index in [1.165, 1.54) is 6.33 Å². The molecule has 1 fully saturated rings. The molecule has 0 amide bonds. The van der Waals surface area contributed by atoms with Gasteiger partial charge in [0.2, 0.25) is 0 Å². The number of aliphatic hydroxyl groups is 1. The number of nitrogens with one attached hydrogen (secondary N) is 2. The van der Waals surface area contributed by atoms with Crippen LogP contribution in [-0.2, 0) is 6.42 Å². The number of aromatic nitrogens is 5. The SMILES string of the molecule is OC1CCN(c2c(CCNc3ncnc4[nH]cnc34)cc(Cl)c3cccnc23)CC1. The summed E-state index contributed by atoms with van der Waals surface area (Å²) in [4.78, 5) is 22.8. The standard InChI is InChI=1S/C21H22ClN7O/c22-16-10-13(3-7-24-20-18-21(26-11-25-18)28-12-27-20)19(17-15(16)2-1-6-23-17)29-8-4-14(30)5-9-29/h1-2,6,10-12,14,30H,3-5,7-9H2,(H2,24,25,26,27,28). The molecule has 1 saturated heterocycles. The molecule has 3 aromatic heterocycles. The van der Waals surface area contributed by atoms with E-state index in [-0.39, 0.29) is 6.10 Å². The fourth-order valence-electron chi connectivity index (χ4n) is 4.08. The zero-order valence-electron chi connectivity index (χ0n) is 16.3. The first kappa shape index (κ1) is 19.0. The maximum Gasteiger partial charge on any atom is 0.162 e. The van der Waals surface area contributed by atoms with Gasteiger partial charge in [0.15, 0.2) is 11.5 Å². The highest BCUT2D eigenvalue weighted by molar-refractivity contribution is 6.36. The van der Waals surface area contributed by atoms with Crippen LogP contribution in [0.15, 0.2) is 37.1 Å². The molecule has 0 aliphatic carbocycles. The molecule has 8 nitrogen and oxygen atoms in total. The van der Waals surface area contributed by atoms with Gasteiger partial charge in [0, 0.05) is 31.2 Å². The predicted molar refractivity (Wildman–Crippen MR) is 118 cm³/mol. The number of imidazole rings is 1. The summed E-state index contributed by atoms with van der Waals surface area (Å²) in [6.45, 7) is 2.26. The Hall–Kier alpha value is -2.97. The molecule has 9 heteroatoms. The Morgan fingerprint density at radius 1 is 1.17 bits per heavy atom. The first-order chi connectivity index (χ1) is 14.7. The van der Waals surface area contributed by atoms with Gasteiger partial charge in [0.1, 0.15) is 11.8 Å². The van der Waals surface area contributed by atoms with Gasteiger partial charge >= 0.3 is 0 Å². The summed E-state index contributed by atoms with van der Waals surface area (Å²) < 4.78 is 0. The van der Waals surface area contributed by atoms with Crippen molar-refractivity contribution >= 4 is 45.2 Å². The van der Waals surface area contributed by atoms with Gasteiger partial charge < -0.3 is 20.3 Å². The lowest BCUT2D eigenvalue weighted by Gasteiger charge is -2.33. The minimum absolute atomic E-state index is 0.230. The van der Waals surface area contributed by atoms with E-state index in [1.54, 1.807) is 12.5 Å². The third-order valence-electron chi connectivity index (χ3n) is 5.58. The molecule has 1 aliphatic rings. The molecule has 0 radical (unpaired) electrons. The summed E-state index contributed by atoms with van der Waals surface area (Å²) in [5, 5.41) is 15.0. The molecule has 4 heterocycles. The molecule has 0 spiro atoms. The normalized spacial score (nSPS) is 15.2. The Balaban J connectivity index is 1.45. The van der Waals surface area contributed by atoms with Crippen molar-refractivity contribution in [1.82, 2.24) is 24.9 Å². The van der Waals surface area contributed by atoms with Crippen LogP contribution in [0.2, 0.25) is 5.02 Å². The van der Waals surface area contributed by atoms with Crippen molar-refractivity contribution in [3.8, 4) is 0 Å². The van der Waals surface area contributed by atoms with Crippen molar-refractivity contribution in [2.75, 3.05) is 29.9 Å². The number of piperidine rings is 1. The number of halogens is 1. The van der Waals surface area contributed by atoms with Crippen LogP contribution < -0.4 is 10.2 Å². The van der Waals surface area contributed by atoms with Gasteiger partial charge in [-0.25, -0.2) is 15.0 Å². The van der Waals surface area contributed by atoms with Gasteiger partial charge in [0.05, 0.1) is 28.7 Å². The van der Waals surface area contributed by atoms with Crippen molar-refractivity contribution in [3.05, 3.63) is 47.6 Å². The summed E-state index contributed by atoms with van der Waals surface area (Å²) in [7, 11) is 0. The third-order valence-corrected chi connectivity index (χ3v) is 5.89. The van der Waals surface area contributed by atoms with Gasteiger partial charge in [-0.15, -0.1) is 0 Å². The van der Waals surface area contributed by atoms with Crippen LogP contribution in [0.3, 0.4) is 0 Å². The van der Waals surface area contributed by atoms with Crippen LogP contribution in [0.1, 0.15) is 18.4 Å². The fraction of sp³-hybridized carbons (Fsp3) is 0.333. The number of benzene rings is 1. The second-order valence-corrected chi connectivity index (χ2v) is 7.89. The Kier molecular flexibility index (Phi) is 5.10. The number of anilines is 2. The monoisotopic (exact) mass is 423 g/mol. The minimum atomic E-state index is -0.230. The molecule has 30 heavy (non-hydrogen) atoms. The number of pyridine rings is 1. The summed E-state index contributed by atoms with van der Waals surface area (Å²) in [5.74, 6) is 0.703. The van der Waals surface area contributed by atoms with Gasteiger partial charge in [0.25, 0.3) is 0 Å². The predicted octanol–water partition coefficient (Wildman–Crippen LogP) is 3.17. The number of hydrogen-bond acceptors (Lipinski definition) is 7. The average molecular weight is 424 g/mol. The number of nitrogens with zero attached hydrogens (tertiary/aromatic N) is 5. The molecule has 0 saturated carbocycles. The van der Waals surface area contributed by atoms with Crippen molar-refractivity contribution < 1.29 is 5.11 Å². The van der Waals surface area contributed by atoms with E-state index in [9.17, 15) is 5.11 Å². The summed E-state index contributed by atoms with van der Waals surface area (Å²) in [5.41, 5.74) is 4.57. The number of hydrogen-bond donors (Lipinski definition) is 3. The zero-order valence-corrected chi connectivity index (χ0v) is 17.1. The van der Waals surface area contributed by atoms with Crippen LogP contribution in [-0.4, -0.2) is 55.8 Å². The summed E-state index contributed by atoms with van der Waals surface area (Å²) in [6, 6.07) is 5.95. The van der Waals surface area contributed by atoms with E-state index in [2.05, 4.69) is 35.1 Å². The molecule has 4 aromatic rings. The average Bonchev–Trinajstić information content (AvgIpc) is 3.25. The number of H-pyrrole nitrogens is 1. The summed E-state index contributed by atoms with van der Waals surface area (Å²) >= 11 is 6.60. The van der Waals surface area contributed by atoms with Crippen molar-refractivity contribution in [2.24, 2.45) is 0 Å². The van der Waals surface area contributed by atoms with E-state index in [0.29, 0.717) is 23.0 Å². The fourth-order valence-corrected chi connectivity index (χ4v) is 4.36. The van der Waals surface area contributed by atoms with Crippen LogP contribution in [0.5, 0.6) is 0 Å². The number of aromatic amines is 1. The van der Waals surface area contributed by atoms with E-state index >= 15 is 0 Å². The van der Waals surface area contributed by atoms with Crippen molar-refractivity contribution in [2.45, 2.75) is 25.4 Å². The number of rotatable bonds is 5. The highest BCUT2D eigenvalue weighted by Gasteiger charge is 2.23. The topological polar surface area (TPSA) is 103 Å². The van der Waals surface area contributed by atoms with Crippen LogP contribution in [0.25, 0.3) is 22.1 Å². The number of aliphatic hydroxyl groups excluding tert-OH is 1. The zero-order chi connectivity index (χ0) is 20.5. The van der Waals surface area contributed by atoms with Crippen LogP contribution in [0, 0.1) is 0 Å².